The molecule has 0 radical (unpaired) electrons. The minimum absolute atomic E-state index is 0. The highest BCUT2D eigenvalue weighted by Crippen LogP contribution is 2.28. The maximum Gasteiger partial charge on any atom is 0.222 e. The van der Waals surface area contributed by atoms with Crippen LogP contribution in [0.25, 0.3) is 0 Å². The van der Waals surface area contributed by atoms with Gasteiger partial charge in [0.2, 0.25) is 5.91 Å². The van der Waals surface area contributed by atoms with Gasteiger partial charge in [-0.25, -0.2) is 0 Å². The van der Waals surface area contributed by atoms with Crippen LogP contribution in [0.2, 0.25) is 0 Å². The third-order valence-corrected chi connectivity index (χ3v) is 4.12. The zero-order chi connectivity index (χ0) is 11.4. The fraction of sp³-hybridized carbons (Fsp3) is 0.923. The van der Waals surface area contributed by atoms with Crippen molar-refractivity contribution in [2.75, 3.05) is 20.1 Å². The molecule has 1 saturated carbocycles. The highest BCUT2D eigenvalue weighted by atomic mass is 35.5. The van der Waals surface area contributed by atoms with Gasteiger partial charge in [0.1, 0.15) is 0 Å². The number of nitrogens with one attached hydrogen (secondary N) is 1. The summed E-state index contributed by atoms with van der Waals surface area (Å²) in [5.41, 5.74) is 0. The van der Waals surface area contributed by atoms with Gasteiger partial charge in [0.05, 0.1) is 0 Å². The van der Waals surface area contributed by atoms with Crippen LogP contribution >= 0.6 is 12.4 Å². The van der Waals surface area contributed by atoms with E-state index in [1.807, 2.05) is 7.05 Å². The van der Waals surface area contributed by atoms with Crippen LogP contribution in [0.4, 0.5) is 0 Å². The lowest BCUT2D eigenvalue weighted by Crippen LogP contribution is -2.47. The molecule has 0 bridgehead atoms. The lowest BCUT2D eigenvalue weighted by Gasteiger charge is -2.33. The predicted octanol–water partition coefficient (Wildman–Crippen LogP) is 2.20. The van der Waals surface area contributed by atoms with Crippen molar-refractivity contribution in [3.8, 4) is 0 Å². The van der Waals surface area contributed by atoms with Crippen molar-refractivity contribution >= 4 is 18.3 Å². The Labute approximate surface area is 111 Å². The molecule has 1 heterocycles. The molecule has 2 rings (SSSR count). The van der Waals surface area contributed by atoms with E-state index in [-0.39, 0.29) is 12.4 Å². The molecule has 1 N–H and O–H groups in total. The molecular weight excluding hydrogens is 236 g/mol. The standard InChI is InChI=1S/C13H24N2O.ClH/c1-14-12-7-4-8-15(10-12)13(16)9-11-5-2-3-6-11;/h11-12,14H,2-10H2,1H3;1H. The van der Waals surface area contributed by atoms with Gasteiger partial charge in [0, 0.05) is 25.6 Å². The van der Waals surface area contributed by atoms with Gasteiger partial charge in [-0.15, -0.1) is 12.4 Å². The summed E-state index contributed by atoms with van der Waals surface area (Å²) in [7, 11) is 2.00. The van der Waals surface area contributed by atoms with Gasteiger partial charge in [0.25, 0.3) is 0 Å². The van der Waals surface area contributed by atoms with E-state index in [0.29, 0.717) is 17.9 Å². The Morgan fingerprint density at radius 3 is 2.59 bits per heavy atom. The van der Waals surface area contributed by atoms with E-state index in [1.165, 1.54) is 32.1 Å². The average molecular weight is 261 g/mol. The molecule has 0 aromatic carbocycles. The second-order valence-electron chi connectivity index (χ2n) is 5.32. The summed E-state index contributed by atoms with van der Waals surface area (Å²) in [6, 6.07) is 0.515. The molecule has 3 nitrogen and oxygen atoms in total. The van der Waals surface area contributed by atoms with Crippen LogP contribution in [-0.4, -0.2) is 37.0 Å². The number of hydrogen-bond donors (Lipinski definition) is 1. The molecule has 2 aliphatic rings. The van der Waals surface area contributed by atoms with Gasteiger partial charge < -0.3 is 10.2 Å². The SMILES string of the molecule is CNC1CCCN(C(=O)CC2CCCC2)C1.Cl. The topological polar surface area (TPSA) is 32.3 Å². The van der Waals surface area contributed by atoms with E-state index in [4.69, 9.17) is 0 Å². The van der Waals surface area contributed by atoms with E-state index in [9.17, 15) is 4.79 Å². The Balaban J connectivity index is 0.00000144. The maximum absolute atomic E-state index is 12.1. The van der Waals surface area contributed by atoms with Crippen molar-refractivity contribution in [3.05, 3.63) is 0 Å². The summed E-state index contributed by atoms with van der Waals surface area (Å²) < 4.78 is 0. The number of halogens is 1. The zero-order valence-corrected chi connectivity index (χ0v) is 11.6. The number of piperidine rings is 1. The number of likely N-dealkylation sites (N-methyl/N-ethyl adjacent to an activating group) is 1. The van der Waals surface area contributed by atoms with Gasteiger partial charge in [-0.3, -0.25) is 4.79 Å². The molecule has 1 amide bonds. The van der Waals surface area contributed by atoms with Crippen LogP contribution in [-0.2, 0) is 4.79 Å². The number of likely N-dealkylation sites (tertiary alicyclic amines) is 1. The quantitative estimate of drug-likeness (QED) is 0.844. The summed E-state index contributed by atoms with van der Waals surface area (Å²) >= 11 is 0. The molecule has 0 aromatic heterocycles. The molecule has 1 saturated heterocycles. The third-order valence-electron chi connectivity index (χ3n) is 4.12. The zero-order valence-electron chi connectivity index (χ0n) is 10.8. The maximum atomic E-state index is 12.1. The second kappa shape index (κ2) is 7.22. The Morgan fingerprint density at radius 1 is 1.24 bits per heavy atom. The Kier molecular flexibility index (Phi) is 6.28. The van der Waals surface area contributed by atoms with Gasteiger partial charge in [-0.1, -0.05) is 12.8 Å². The molecular formula is C13H25ClN2O. The van der Waals surface area contributed by atoms with Crippen LogP contribution in [0.1, 0.15) is 44.9 Å². The van der Waals surface area contributed by atoms with Gasteiger partial charge in [-0.2, -0.15) is 0 Å². The lowest BCUT2D eigenvalue weighted by molar-refractivity contribution is -0.133. The van der Waals surface area contributed by atoms with E-state index in [0.717, 1.165) is 25.9 Å². The van der Waals surface area contributed by atoms with E-state index < -0.39 is 0 Å². The predicted molar refractivity (Wildman–Crippen MR) is 72.5 cm³/mol. The normalized spacial score (nSPS) is 25.7. The average Bonchev–Trinajstić information content (AvgIpc) is 2.82. The molecule has 2 fully saturated rings. The van der Waals surface area contributed by atoms with Crippen LogP contribution in [0.3, 0.4) is 0 Å². The molecule has 1 aliphatic heterocycles. The van der Waals surface area contributed by atoms with E-state index >= 15 is 0 Å². The number of nitrogens with zero attached hydrogens (tertiary/aromatic N) is 1. The van der Waals surface area contributed by atoms with Crippen LogP contribution in [0.5, 0.6) is 0 Å². The molecule has 4 heteroatoms. The number of carbonyl (C=O) groups is 1. The first-order valence-corrected chi connectivity index (χ1v) is 6.74. The van der Waals surface area contributed by atoms with Crippen molar-refractivity contribution in [1.82, 2.24) is 10.2 Å². The molecule has 17 heavy (non-hydrogen) atoms. The second-order valence-corrected chi connectivity index (χ2v) is 5.32. The van der Waals surface area contributed by atoms with Crippen molar-refractivity contribution in [3.63, 3.8) is 0 Å². The Morgan fingerprint density at radius 2 is 1.94 bits per heavy atom. The summed E-state index contributed by atoms with van der Waals surface area (Å²) in [6.07, 6.45) is 8.38. The summed E-state index contributed by atoms with van der Waals surface area (Å²) in [6.45, 7) is 1.89. The van der Waals surface area contributed by atoms with Crippen molar-refractivity contribution in [2.24, 2.45) is 5.92 Å². The first-order valence-electron chi connectivity index (χ1n) is 6.74. The number of rotatable bonds is 3. The van der Waals surface area contributed by atoms with Crippen LogP contribution in [0, 0.1) is 5.92 Å². The number of hydrogen-bond acceptors (Lipinski definition) is 2. The van der Waals surface area contributed by atoms with Crippen molar-refractivity contribution < 1.29 is 4.79 Å². The molecule has 0 aromatic rings. The van der Waals surface area contributed by atoms with Crippen LogP contribution in [0.15, 0.2) is 0 Å². The molecule has 100 valence electrons. The highest BCUT2D eigenvalue weighted by molar-refractivity contribution is 5.85. The first kappa shape index (κ1) is 14.8. The number of amides is 1. The van der Waals surface area contributed by atoms with E-state index in [2.05, 4.69) is 10.2 Å². The van der Waals surface area contributed by atoms with Crippen LogP contribution < -0.4 is 5.32 Å². The summed E-state index contributed by atoms with van der Waals surface area (Å²) in [5, 5.41) is 3.29. The highest BCUT2D eigenvalue weighted by Gasteiger charge is 2.25. The van der Waals surface area contributed by atoms with Gasteiger partial charge in [0.15, 0.2) is 0 Å². The molecule has 0 spiro atoms. The molecule has 1 unspecified atom stereocenters. The Bertz CT molecular complexity index is 242. The summed E-state index contributed by atoms with van der Waals surface area (Å²) in [4.78, 5) is 14.2. The fourth-order valence-electron chi connectivity index (χ4n) is 3.03. The monoisotopic (exact) mass is 260 g/mol. The third kappa shape index (κ3) is 4.14. The van der Waals surface area contributed by atoms with Crippen molar-refractivity contribution in [2.45, 2.75) is 51.0 Å². The Hall–Kier alpha value is -0.280. The van der Waals surface area contributed by atoms with Gasteiger partial charge >= 0.3 is 0 Å². The van der Waals surface area contributed by atoms with E-state index in [1.54, 1.807) is 0 Å². The molecule has 1 aliphatic carbocycles. The fourth-order valence-corrected chi connectivity index (χ4v) is 3.03. The number of carbonyl (C=O) groups excluding carboxylic acids is 1. The first-order chi connectivity index (χ1) is 7.79. The van der Waals surface area contributed by atoms with Crippen molar-refractivity contribution in [1.29, 1.82) is 0 Å². The smallest absolute Gasteiger partial charge is 0.222 e. The largest absolute Gasteiger partial charge is 0.341 e. The minimum Gasteiger partial charge on any atom is -0.341 e. The summed E-state index contributed by atoms with van der Waals surface area (Å²) in [5.74, 6) is 1.08. The lowest BCUT2D eigenvalue weighted by atomic mass is 10.0. The molecule has 1 atom stereocenters. The minimum atomic E-state index is 0. The van der Waals surface area contributed by atoms with Gasteiger partial charge in [-0.05, 0) is 38.6 Å².